The first-order chi connectivity index (χ1) is 7.79. The summed E-state index contributed by atoms with van der Waals surface area (Å²) in [5.41, 5.74) is 1.53. The molecular formula is C12H15N3S. The van der Waals surface area contributed by atoms with E-state index >= 15 is 0 Å². The monoisotopic (exact) mass is 233 g/mol. The van der Waals surface area contributed by atoms with Crippen LogP contribution in [0.2, 0.25) is 0 Å². The maximum atomic E-state index is 8.93. The Morgan fingerprint density at radius 2 is 2.44 bits per heavy atom. The van der Waals surface area contributed by atoms with E-state index in [0.29, 0.717) is 10.3 Å². The summed E-state index contributed by atoms with van der Waals surface area (Å²) in [6.07, 6.45) is 5.89. The van der Waals surface area contributed by atoms with E-state index in [1.165, 1.54) is 12.8 Å². The molecule has 0 bridgehead atoms. The minimum atomic E-state index is 0.421. The summed E-state index contributed by atoms with van der Waals surface area (Å²) in [6.45, 7) is 3.14. The number of hydrogen-bond acceptors (Lipinski definition) is 4. The maximum Gasteiger partial charge on any atom is 0.103 e. The summed E-state index contributed by atoms with van der Waals surface area (Å²) >= 11 is 2.02. The van der Waals surface area contributed by atoms with Gasteiger partial charge < -0.3 is 5.32 Å². The van der Waals surface area contributed by atoms with E-state index in [4.69, 9.17) is 5.26 Å². The van der Waals surface area contributed by atoms with Crippen molar-refractivity contribution in [3.05, 3.63) is 24.0 Å². The van der Waals surface area contributed by atoms with Gasteiger partial charge in [0.15, 0.2) is 0 Å². The molecule has 1 saturated carbocycles. The molecule has 0 radical (unpaired) electrons. The van der Waals surface area contributed by atoms with Crippen molar-refractivity contribution in [2.75, 3.05) is 17.6 Å². The van der Waals surface area contributed by atoms with Gasteiger partial charge in [0.05, 0.1) is 11.3 Å². The third kappa shape index (κ3) is 2.48. The van der Waals surface area contributed by atoms with Crippen molar-refractivity contribution in [2.24, 2.45) is 0 Å². The van der Waals surface area contributed by atoms with Gasteiger partial charge in [-0.1, -0.05) is 6.92 Å². The third-order valence-electron chi connectivity index (χ3n) is 2.80. The molecule has 1 fully saturated rings. The van der Waals surface area contributed by atoms with Crippen LogP contribution in [-0.2, 0) is 0 Å². The van der Waals surface area contributed by atoms with Crippen molar-refractivity contribution >= 4 is 17.4 Å². The number of thioether (sulfide) groups is 1. The van der Waals surface area contributed by atoms with Gasteiger partial charge in [-0.25, -0.2) is 0 Å². The second kappa shape index (κ2) is 4.75. The molecule has 16 heavy (non-hydrogen) atoms. The van der Waals surface area contributed by atoms with Crippen molar-refractivity contribution < 1.29 is 0 Å². The van der Waals surface area contributed by atoms with Crippen LogP contribution in [0.4, 0.5) is 5.69 Å². The summed E-state index contributed by atoms with van der Waals surface area (Å²) in [7, 11) is 0. The van der Waals surface area contributed by atoms with E-state index in [9.17, 15) is 0 Å². The molecule has 0 aliphatic heterocycles. The highest BCUT2D eigenvalue weighted by molar-refractivity contribution is 8.00. The lowest BCUT2D eigenvalue weighted by molar-refractivity contribution is 0.944. The summed E-state index contributed by atoms with van der Waals surface area (Å²) in [5, 5.41) is 12.3. The van der Waals surface area contributed by atoms with Crippen LogP contribution < -0.4 is 5.32 Å². The van der Waals surface area contributed by atoms with Crippen LogP contribution in [0.5, 0.6) is 0 Å². The van der Waals surface area contributed by atoms with E-state index < -0.39 is 0 Å². The lowest BCUT2D eigenvalue weighted by Gasteiger charge is -2.15. The predicted octanol–water partition coefficient (Wildman–Crippen LogP) is 2.65. The molecule has 1 N–H and O–H groups in total. The van der Waals surface area contributed by atoms with Gasteiger partial charge in [-0.2, -0.15) is 17.0 Å². The zero-order chi connectivity index (χ0) is 11.4. The predicted molar refractivity (Wildman–Crippen MR) is 67.5 cm³/mol. The van der Waals surface area contributed by atoms with Crippen molar-refractivity contribution in [2.45, 2.75) is 24.5 Å². The molecule has 0 spiro atoms. The Morgan fingerprint density at radius 3 is 3.06 bits per heavy atom. The molecule has 1 aliphatic carbocycles. The Morgan fingerprint density at radius 1 is 1.62 bits per heavy atom. The molecule has 0 aromatic carbocycles. The van der Waals surface area contributed by atoms with Crippen LogP contribution in [-0.4, -0.2) is 22.0 Å². The number of aromatic nitrogens is 1. The van der Waals surface area contributed by atoms with E-state index in [2.05, 4.69) is 23.3 Å². The molecule has 0 saturated heterocycles. The molecule has 2 rings (SSSR count). The van der Waals surface area contributed by atoms with E-state index in [1.807, 2.05) is 17.8 Å². The standard InChI is InChI=1S/C12H15N3S/c1-2-16-12(4-5-12)9-15-11-3-6-14-8-10(11)7-13/h3,6,8H,2,4-5,9H2,1H3,(H,14,15). The first-order valence-electron chi connectivity index (χ1n) is 5.51. The van der Waals surface area contributed by atoms with Crippen LogP contribution in [0.25, 0.3) is 0 Å². The molecule has 0 atom stereocenters. The van der Waals surface area contributed by atoms with Gasteiger partial charge in [-0.05, 0) is 24.7 Å². The van der Waals surface area contributed by atoms with Gasteiger partial charge in [0, 0.05) is 23.7 Å². The van der Waals surface area contributed by atoms with E-state index in [1.54, 1.807) is 12.4 Å². The molecular weight excluding hydrogens is 218 g/mol. The molecule has 84 valence electrons. The minimum absolute atomic E-state index is 0.421. The zero-order valence-electron chi connectivity index (χ0n) is 9.36. The molecule has 4 heteroatoms. The Balaban J connectivity index is 1.97. The van der Waals surface area contributed by atoms with Gasteiger partial charge >= 0.3 is 0 Å². The Labute approximate surface area is 100 Å². The topological polar surface area (TPSA) is 48.7 Å². The van der Waals surface area contributed by atoms with Crippen molar-refractivity contribution in [1.82, 2.24) is 4.98 Å². The van der Waals surface area contributed by atoms with E-state index in [0.717, 1.165) is 18.0 Å². The largest absolute Gasteiger partial charge is 0.382 e. The quantitative estimate of drug-likeness (QED) is 0.849. The minimum Gasteiger partial charge on any atom is -0.382 e. The van der Waals surface area contributed by atoms with Gasteiger partial charge in [-0.15, -0.1) is 0 Å². The van der Waals surface area contributed by atoms with Crippen LogP contribution in [0.3, 0.4) is 0 Å². The average Bonchev–Trinajstić information content (AvgIpc) is 3.08. The normalized spacial score (nSPS) is 16.5. The van der Waals surface area contributed by atoms with Crippen LogP contribution in [0.15, 0.2) is 18.5 Å². The van der Waals surface area contributed by atoms with Crippen LogP contribution >= 0.6 is 11.8 Å². The van der Waals surface area contributed by atoms with Crippen LogP contribution in [0.1, 0.15) is 25.3 Å². The highest BCUT2D eigenvalue weighted by atomic mass is 32.2. The number of nitriles is 1. The van der Waals surface area contributed by atoms with Crippen LogP contribution in [0, 0.1) is 11.3 Å². The highest BCUT2D eigenvalue weighted by Gasteiger charge is 2.42. The number of pyridine rings is 1. The SMILES string of the molecule is CCSC1(CNc2ccncc2C#N)CC1. The van der Waals surface area contributed by atoms with Gasteiger partial charge in [0.25, 0.3) is 0 Å². The first kappa shape index (κ1) is 11.3. The van der Waals surface area contributed by atoms with Crippen molar-refractivity contribution in [3.8, 4) is 6.07 Å². The number of rotatable bonds is 5. The fraction of sp³-hybridized carbons (Fsp3) is 0.500. The summed E-state index contributed by atoms with van der Waals surface area (Å²) in [6, 6.07) is 4.02. The second-order valence-electron chi connectivity index (χ2n) is 4.00. The van der Waals surface area contributed by atoms with Gasteiger partial charge in [0.2, 0.25) is 0 Å². The summed E-state index contributed by atoms with van der Waals surface area (Å²) in [5.74, 6) is 1.16. The molecule has 1 aromatic rings. The van der Waals surface area contributed by atoms with Crippen molar-refractivity contribution in [1.29, 1.82) is 5.26 Å². The lowest BCUT2D eigenvalue weighted by atomic mass is 10.2. The molecule has 0 unspecified atom stereocenters. The fourth-order valence-electron chi connectivity index (χ4n) is 1.71. The number of nitrogens with zero attached hydrogens (tertiary/aromatic N) is 2. The summed E-state index contributed by atoms with van der Waals surface area (Å²) in [4.78, 5) is 3.94. The Hall–Kier alpha value is -1.21. The van der Waals surface area contributed by atoms with Gasteiger partial charge in [0.1, 0.15) is 6.07 Å². The molecule has 1 aliphatic rings. The summed E-state index contributed by atoms with van der Waals surface area (Å²) < 4.78 is 0.421. The lowest BCUT2D eigenvalue weighted by Crippen LogP contribution is -2.18. The zero-order valence-corrected chi connectivity index (χ0v) is 10.2. The number of anilines is 1. The molecule has 1 heterocycles. The molecule has 1 aromatic heterocycles. The Bertz CT molecular complexity index is 407. The van der Waals surface area contributed by atoms with Crippen molar-refractivity contribution in [3.63, 3.8) is 0 Å². The van der Waals surface area contributed by atoms with E-state index in [-0.39, 0.29) is 0 Å². The highest BCUT2D eigenvalue weighted by Crippen LogP contribution is 2.48. The second-order valence-corrected chi connectivity index (χ2v) is 5.73. The van der Waals surface area contributed by atoms with Gasteiger partial charge in [-0.3, -0.25) is 4.98 Å². The Kier molecular flexibility index (Phi) is 3.35. The smallest absolute Gasteiger partial charge is 0.103 e. The number of nitrogens with one attached hydrogen (secondary N) is 1. The first-order valence-corrected chi connectivity index (χ1v) is 6.50. The third-order valence-corrected chi connectivity index (χ3v) is 4.25. The number of hydrogen-bond donors (Lipinski definition) is 1. The average molecular weight is 233 g/mol. The fourth-order valence-corrected chi connectivity index (χ4v) is 2.89. The molecule has 0 amide bonds. The maximum absolute atomic E-state index is 8.93. The molecule has 3 nitrogen and oxygen atoms in total.